The number of fused-ring (bicyclic) bond motifs is 1. The first kappa shape index (κ1) is 25.8. The molecule has 1 fully saturated rings. The second-order valence-corrected chi connectivity index (χ2v) is 9.92. The first-order chi connectivity index (χ1) is 18.5. The molecule has 1 aliphatic rings. The minimum absolute atomic E-state index is 0.120. The van der Waals surface area contributed by atoms with Gasteiger partial charge in [-0.2, -0.15) is 5.10 Å². The normalized spacial score (nSPS) is 14.7. The van der Waals surface area contributed by atoms with E-state index < -0.39 is 0 Å². The molecule has 0 radical (unpaired) electrons. The number of rotatable bonds is 8. The fourth-order valence-corrected chi connectivity index (χ4v) is 5.24. The number of hydrogen-bond donors (Lipinski definition) is 0. The number of piperazine rings is 1. The lowest BCUT2D eigenvalue weighted by Crippen LogP contribution is -2.50. The van der Waals surface area contributed by atoms with Gasteiger partial charge in [-0.1, -0.05) is 50.6 Å². The zero-order chi connectivity index (χ0) is 26.6. The summed E-state index contributed by atoms with van der Waals surface area (Å²) in [5.41, 5.74) is 3.40. The number of amides is 1. The summed E-state index contributed by atoms with van der Waals surface area (Å²) in [4.78, 5) is 27.6. The highest BCUT2D eigenvalue weighted by Crippen LogP contribution is 2.31. The SMILES string of the molecule is CCCCc1nc(N2CCN(C(=O)[C@H](CC)c3ccccc3)CC2)c2c(C)nn(-c3ccc(F)cc3)c2n1. The van der Waals surface area contributed by atoms with Crippen molar-refractivity contribution in [3.05, 3.63) is 77.5 Å². The van der Waals surface area contributed by atoms with Gasteiger partial charge in [0, 0.05) is 32.6 Å². The average Bonchev–Trinajstić information content (AvgIpc) is 3.29. The van der Waals surface area contributed by atoms with E-state index in [9.17, 15) is 9.18 Å². The highest BCUT2D eigenvalue weighted by Gasteiger charge is 2.29. The molecule has 0 N–H and O–H groups in total. The molecule has 2 aromatic heterocycles. The minimum atomic E-state index is -0.286. The van der Waals surface area contributed by atoms with Gasteiger partial charge in [-0.05, 0) is 49.6 Å². The molecule has 0 saturated carbocycles. The Balaban J connectivity index is 1.44. The van der Waals surface area contributed by atoms with Crippen LogP contribution in [0.15, 0.2) is 54.6 Å². The number of unbranched alkanes of at least 4 members (excludes halogenated alkanes) is 1. The molecule has 1 amide bonds. The third-order valence-corrected chi connectivity index (χ3v) is 7.35. The molecule has 1 saturated heterocycles. The number of halogens is 1. The molecule has 7 nitrogen and oxygen atoms in total. The Labute approximate surface area is 223 Å². The van der Waals surface area contributed by atoms with Crippen molar-refractivity contribution >= 4 is 22.8 Å². The van der Waals surface area contributed by atoms with E-state index in [1.807, 2.05) is 42.2 Å². The summed E-state index contributed by atoms with van der Waals surface area (Å²) >= 11 is 0. The minimum Gasteiger partial charge on any atom is -0.352 e. The van der Waals surface area contributed by atoms with E-state index in [1.54, 1.807) is 16.8 Å². The predicted octanol–water partition coefficient (Wildman–Crippen LogP) is 5.45. The molecule has 0 unspecified atom stereocenters. The molecule has 0 spiro atoms. The summed E-state index contributed by atoms with van der Waals surface area (Å²) in [5.74, 6) is 1.44. The maximum Gasteiger partial charge on any atom is 0.230 e. The van der Waals surface area contributed by atoms with Crippen molar-refractivity contribution in [2.45, 2.75) is 52.4 Å². The third kappa shape index (κ3) is 5.12. The average molecular weight is 515 g/mol. The molecule has 1 atom stereocenters. The van der Waals surface area contributed by atoms with Gasteiger partial charge in [0.05, 0.1) is 22.7 Å². The Morgan fingerprint density at radius 2 is 1.68 bits per heavy atom. The van der Waals surface area contributed by atoms with Crippen molar-refractivity contribution in [2.75, 3.05) is 31.1 Å². The number of hydrogen-bond acceptors (Lipinski definition) is 5. The fraction of sp³-hybridized carbons (Fsp3) is 0.400. The van der Waals surface area contributed by atoms with Gasteiger partial charge in [0.25, 0.3) is 0 Å². The Morgan fingerprint density at radius 1 is 0.974 bits per heavy atom. The van der Waals surface area contributed by atoms with E-state index in [0.29, 0.717) is 26.2 Å². The van der Waals surface area contributed by atoms with Crippen LogP contribution in [0, 0.1) is 12.7 Å². The molecule has 4 aromatic rings. The number of carbonyl (C=O) groups is 1. The molecule has 5 rings (SSSR count). The van der Waals surface area contributed by atoms with E-state index in [-0.39, 0.29) is 17.6 Å². The van der Waals surface area contributed by atoms with Crippen LogP contribution < -0.4 is 4.90 Å². The van der Waals surface area contributed by atoms with Crippen LogP contribution in [0.3, 0.4) is 0 Å². The number of aryl methyl sites for hydroxylation is 2. The van der Waals surface area contributed by atoms with E-state index in [0.717, 1.165) is 65.3 Å². The second kappa shape index (κ2) is 11.3. The fourth-order valence-electron chi connectivity index (χ4n) is 5.24. The van der Waals surface area contributed by atoms with E-state index >= 15 is 0 Å². The number of benzene rings is 2. The van der Waals surface area contributed by atoms with Crippen molar-refractivity contribution in [3.63, 3.8) is 0 Å². The van der Waals surface area contributed by atoms with Crippen LogP contribution in [0.4, 0.5) is 10.2 Å². The van der Waals surface area contributed by atoms with E-state index in [2.05, 4.69) is 18.7 Å². The first-order valence-electron chi connectivity index (χ1n) is 13.6. The summed E-state index contributed by atoms with van der Waals surface area (Å²) in [7, 11) is 0. The number of aromatic nitrogens is 4. The topological polar surface area (TPSA) is 67.2 Å². The molecule has 38 heavy (non-hydrogen) atoms. The van der Waals surface area contributed by atoms with Crippen molar-refractivity contribution in [3.8, 4) is 5.69 Å². The molecular weight excluding hydrogens is 479 g/mol. The predicted molar refractivity (Wildman–Crippen MR) is 148 cm³/mol. The molecule has 3 heterocycles. The number of anilines is 1. The van der Waals surface area contributed by atoms with Crippen LogP contribution in [-0.2, 0) is 11.2 Å². The van der Waals surface area contributed by atoms with Crippen LogP contribution in [0.25, 0.3) is 16.7 Å². The van der Waals surface area contributed by atoms with Crippen molar-refractivity contribution in [1.29, 1.82) is 0 Å². The molecule has 2 aromatic carbocycles. The Hall–Kier alpha value is -3.81. The van der Waals surface area contributed by atoms with Crippen molar-refractivity contribution < 1.29 is 9.18 Å². The highest BCUT2D eigenvalue weighted by molar-refractivity contribution is 5.91. The Bertz CT molecular complexity index is 1390. The Morgan fingerprint density at radius 3 is 2.34 bits per heavy atom. The van der Waals surface area contributed by atoms with E-state index in [1.165, 1.54) is 12.1 Å². The maximum absolute atomic E-state index is 13.6. The molecule has 198 valence electrons. The zero-order valence-corrected chi connectivity index (χ0v) is 22.4. The molecule has 1 aliphatic heterocycles. The lowest BCUT2D eigenvalue weighted by atomic mass is 9.95. The highest BCUT2D eigenvalue weighted by atomic mass is 19.1. The van der Waals surface area contributed by atoms with E-state index in [4.69, 9.17) is 15.1 Å². The van der Waals surface area contributed by atoms with Crippen molar-refractivity contribution in [1.82, 2.24) is 24.6 Å². The Kier molecular flexibility index (Phi) is 7.67. The molecule has 0 aliphatic carbocycles. The van der Waals surface area contributed by atoms with Gasteiger partial charge in [0.1, 0.15) is 17.5 Å². The van der Waals surface area contributed by atoms with Crippen LogP contribution in [0.2, 0.25) is 0 Å². The number of nitrogens with zero attached hydrogens (tertiary/aromatic N) is 6. The van der Waals surface area contributed by atoms with Crippen molar-refractivity contribution in [2.24, 2.45) is 0 Å². The van der Waals surface area contributed by atoms with Gasteiger partial charge < -0.3 is 9.80 Å². The lowest BCUT2D eigenvalue weighted by molar-refractivity contribution is -0.133. The van der Waals surface area contributed by atoms with Crippen LogP contribution in [0.5, 0.6) is 0 Å². The van der Waals surface area contributed by atoms with Gasteiger partial charge in [-0.25, -0.2) is 19.0 Å². The van der Waals surface area contributed by atoms with Crippen LogP contribution in [-0.4, -0.2) is 56.7 Å². The van der Waals surface area contributed by atoms with Gasteiger partial charge >= 0.3 is 0 Å². The number of carbonyl (C=O) groups excluding carboxylic acids is 1. The molecular formula is C30H35FN6O. The maximum atomic E-state index is 13.6. The largest absolute Gasteiger partial charge is 0.352 e. The van der Waals surface area contributed by atoms with Gasteiger partial charge in [0.2, 0.25) is 5.91 Å². The quantitative estimate of drug-likeness (QED) is 0.313. The summed E-state index contributed by atoms with van der Waals surface area (Å²) in [5, 5.41) is 5.69. The molecule has 8 heteroatoms. The molecule has 0 bridgehead atoms. The van der Waals surface area contributed by atoms with Gasteiger partial charge in [0.15, 0.2) is 5.65 Å². The van der Waals surface area contributed by atoms with Crippen LogP contribution >= 0.6 is 0 Å². The zero-order valence-electron chi connectivity index (χ0n) is 22.4. The second-order valence-electron chi connectivity index (χ2n) is 9.92. The summed E-state index contributed by atoms with van der Waals surface area (Å²) < 4.78 is 15.4. The monoisotopic (exact) mass is 514 g/mol. The smallest absolute Gasteiger partial charge is 0.230 e. The van der Waals surface area contributed by atoms with Gasteiger partial charge in [-0.15, -0.1) is 0 Å². The third-order valence-electron chi connectivity index (χ3n) is 7.35. The summed E-state index contributed by atoms with van der Waals surface area (Å²) in [6.45, 7) is 8.86. The standard InChI is InChI=1S/C30H35FN6O/c1-4-6-12-26-32-28(27-21(3)34-37(29(27)33-26)24-15-13-23(31)14-16-24)35-17-19-36(20-18-35)30(38)25(5-2)22-10-8-7-9-11-22/h7-11,13-16,25H,4-6,12,17-20H2,1-3H3/t25-/m1/s1. The van der Waals surface area contributed by atoms with Crippen LogP contribution in [0.1, 0.15) is 56.1 Å². The first-order valence-corrected chi connectivity index (χ1v) is 13.6. The van der Waals surface area contributed by atoms with Gasteiger partial charge in [-0.3, -0.25) is 4.79 Å². The lowest BCUT2D eigenvalue weighted by Gasteiger charge is -2.37. The summed E-state index contributed by atoms with van der Waals surface area (Å²) in [6, 6.07) is 16.4. The summed E-state index contributed by atoms with van der Waals surface area (Å²) in [6.07, 6.45) is 3.60.